The molecule has 1 atom stereocenters. The minimum atomic E-state index is -0.230. The van der Waals surface area contributed by atoms with E-state index >= 15 is 0 Å². The molecule has 0 saturated carbocycles. The zero-order valence-corrected chi connectivity index (χ0v) is 13.8. The van der Waals surface area contributed by atoms with Gasteiger partial charge in [-0.1, -0.05) is 17.7 Å². The lowest BCUT2D eigenvalue weighted by Gasteiger charge is -2.33. The van der Waals surface area contributed by atoms with Crippen LogP contribution in [-0.4, -0.2) is 61.6 Å². The molecule has 0 aromatic heterocycles. The van der Waals surface area contributed by atoms with Gasteiger partial charge in [0.1, 0.15) is 6.10 Å². The maximum Gasteiger partial charge on any atom is 0.338 e. The summed E-state index contributed by atoms with van der Waals surface area (Å²) < 4.78 is 5.51. The minimum Gasteiger partial charge on any atom is -1.00 e. The number of piperazine rings is 1. The van der Waals surface area contributed by atoms with Gasteiger partial charge in [-0.25, -0.2) is 4.79 Å². The van der Waals surface area contributed by atoms with Crippen LogP contribution in [0.4, 0.5) is 0 Å². The molecule has 1 heterocycles. The molecule has 21 heavy (non-hydrogen) atoms. The van der Waals surface area contributed by atoms with E-state index in [0.717, 1.165) is 38.3 Å². The van der Waals surface area contributed by atoms with E-state index in [1.807, 2.05) is 38.1 Å². The van der Waals surface area contributed by atoms with Crippen LogP contribution in [0.25, 0.3) is 0 Å². The van der Waals surface area contributed by atoms with E-state index in [1.54, 1.807) is 0 Å². The molecule has 0 radical (unpaired) electrons. The molecule has 1 aromatic rings. The van der Waals surface area contributed by atoms with Crippen molar-refractivity contribution in [2.75, 3.05) is 39.8 Å². The number of ether oxygens (including phenoxy) is 1. The van der Waals surface area contributed by atoms with Crippen LogP contribution in [0.5, 0.6) is 0 Å². The Bertz CT molecular complexity index is 442. The summed E-state index contributed by atoms with van der Waals surface area (Å²) in [6.07, 6.45) is -0.0767. The van der Waals surface area contributed by atoms with Crippen LogP contribution in [-0.2, 0) is 4.74 Å². The second kappa shape index (κ2) is 8.37. The number of benzene rings is 1. The van der Waals surface area contributed by atoms with Crippen LogP contribution in [0, 0.1) is 6.92 Å². The van der Waals surface area contributed by atoms with Crippen molar-refractivity contribution in [2.45, 2.75) is 20.0 Å². The van der Waals surface area contributed by atoms with Crippen LogP contribution in [0.15, 0.2) is 24.3 Å². The van der Waals surface area contributed by atoms with Crippen molar-refractivity contribution in [2.24, 2.45) is 0 Å². The Morgan fingerprint density at radius 2 is 1.76 bits per heavy atom. The topological polar surface area (TPSA) is 32.8 Å². The van der Waals surface area contributed by atoms with Crippen LogP contribution < -0.4 is 12.4 Å². The summed E-state index contributed by atoms with van der Waals surface area (Å²) in [6.45, 7) is 9.03. The molecule has 118 valence electrons. The molecule has 2 rings (SSSR count). The molecule has 1 unspecified atom stereocenters. The number of esters is 1. The van der Waals surface area contributed by atoms with Gasteiger partial charge < -0.3 is 22.0 Å². The molecule has 0 aliphatic carbocycles. The Balaban J connectivity index is 0.00000220. The van der Waals surface area contributed by atoms with Crippen molar-refractivity contribution in [3.8, 4) is 0 Å². The number of halogens is 1. The molecule has 1 saturated heterocycles. The zero-order chi connectivity index (χ0) is 14.5. The summed E-state index contributed by atoms with van der Waals surface area (Å²) in [5.74, 6) is -0.230. The number of nitrogens with zero attached hydrogens (tertiary/aromatic N) is 2. The highest BCUT2D eigenvalue weighted by Gasteiger charge is 2.18. The van der Waals surface area contributed by atoms with Gasteiger partial charge in [0.25, 0.3) is 0 Å². The first-order valence-corrected chi connectivity index (χ1v) is 7.23. The predicted molar refractivity (Wildman–Crippen MR) is 80.0 cm³/mol. The third-order valence-electron chi connectivity index (χ3n) is 3.71. The molecular formula is C16H24ClN2O2-. The summed E-state index contributed by atoms with van der Waals surface area (Å²) in [5.41, 5.74) is 1.77. The van der Waals surface area contributed by atoms with E-state index in [1.165, 1.54) is 0 Å². The van der Waals surface area contributed by atoms with E-state index in [-0.39, 0.29) is 24.5 Å². The lowest BCUT2D eigenvalue weighted by atomic mass is 10.1. The predicted octanol–water partition coefficient (Wildman–Crippen LogP) is -1.21. The van der Waals surface area contributed by atoms with Crippen molar-refractivity contribution in [3.63, 3.8) is 0 Å². The number of carbonyl (C=O) groups is 1. The van der Waals surface area contributed by atoms with Gasteiger partial charge in [0.05, 0.1) is 5.56 Å². The standard InChI is InChI=1S/C16H24N2O2.ClH/c1-13-4-6-15(7-5-13)16(19)20-14(2)12-18-10-8-17(3)9-11-18;/h4-7,14H,8-12H2,1-3H3;1H/p-1. The number of rotatable bonds is 4. The molecule has 0 N–H and O–H groups in total. The molecule has 0 bridgehead atoms. The minimum absolute atomic E-state index is 0. The fraction of sp³-hybridized carbons (Fsp3) is 0.562. The Morgan fingerprint density at radius 1 is 1.19 bits per heavy atom. The van der Waals surface area contributed by atoms with Gasteiger partial charge in [-0.3, -0.25) is 4.90 Å². The smallest absolute Gasteiger partial charge is 0.338 e. The van der Waals surface area contributed by atoms with E-state index in [2.05, 4.69) is 16.8 Å². The average Bonchev–Trinajstić information content (AvgIpc) is 2.42. The first-order valence-electron chi connectivity index (χ1n) is 7.23. The molecule has 1 aliphatic heterocycles. The summed E-state index contributed by atoms with van der Waals surface area (Å²) in [5, 5.41) is 0. The number of hydrogen-bond donors (Lipinski definition) is 0. The fourth-order valence-electron chi connectivity index (χ4n) is 2.37. The molecule has 0 amide bonds. The number of aryl methyl sites for hydroxylation is 1. The van der Waals surface area contributed by atoms with Crippen LogP contribution >= 0.6 is 0 Å². The number of carbonyl (C=O) groups excluding carboxylic acids is 1. The first-order chi connectivity index (χ1) is 9.54. The Labute approximate surface area is 133 Å². The SMILES string of the molecule is Cc1ccc(C(=O)OC(C)CN2CCN(C)CC2)cc1.[Cl-]. The third-order valence-corrected chi connectivity index (χ3v) is 3.71. The van der Waals surface area contributed by atoms with Crippen molar-refractivity contribution < 1.29 is 21.9 Å². The molecular weight excluding hydrogens is 288 g/mol. The lowest BCUT2D eigenvalue weighted by Crippen LogP contribution is -3.00. The highest BCUT2D eigenvalue weighted by Crippen LogP contribution is 2.08. The fourth-order valence-corrected chi connectivity index (χ4v) is 2.37. The van der Waals surface area contributed by atoms with Gasteiger partial charge in [0.15, 0.2) is 0 Å². The molecule has 0 spiro atoms. The van der Waals surface area contributed by atoms with E-state index in [9.17, 15) is 4.79 Å². The van der Waals surface area contributed by atoms with E-state index in [0.29, 0.717) is 5.56 Å². The Hall–Kier alpha value is -1.10. The van der Waals surface area contributed by atoms with Gasteiger partial charge in [0.2, 0.25) is 0 Å². The van der Waals surface area contributed by atoms with Gasteiger partial charge >= 0.3 is 5.97 Å². The van der Waals surface area contributed by atoms with E-state index in [4.69, 9.17) is 4.74 Å². The van der Waals surface area contributed by atoms with Gasteiger partial charge in [-0.2, -0.15) is 0 Å². The Morgan fingerprint density at radius 3 is 2.33 bits per heavy atom. The van der Waals surface area contributed by atoms with Crippen molar-refractivity contribution >= 4 is 5.97 Å². The highest BCUT2D eigenvalue weighted by molar-refractivity contribution is 5.89. The normalized spacial score (nSPS) is 17.9. The summed E-state index contributed by atoms with van der Waals surface area (Å²) in [7, 11) is 2.14. The second-order valence-corrected chi connectivity index (χ2v) is 5.69. The lowest BCUT2D eigenvalue weighted by molar-refractivity contribution is -0.0000471. The first kappa shape index (κ1) is 18.0. The summed E-state index contributed by atoms with van der Waals surface area (Å²) in [6, 6.07) is 7.50. The van der Waals surface area contributed by atoms with E-state index < -0.39 is 0 Å². The van der Waals surface area contributed by atoms with Crippen LogP contribution in [0.1, 0.15) is 22.8 Å². The number of hydrogen-bond acceptors (Lipinski definition) is 4. The van der Waals surface area contributed by atoms with Crippen molar-refractivity contribution in [1.82, 2.24) is 9.80 Å². The summed E-state index contributed by atoms with van der Waals surface area (Å²) >= 11 is 0. The highest BCUT2D eigenvalue weighted by atomic mass is 35.5. The van der Waals surface area contributed by atoms with Crippen LogP contribution in [0.3, 0.4) is 0 Å². The van der Waals surface area contributed by atoms with Gasteiger partial charge in [0, 0.05) is 32.7 Å². The molecule has 4 nitrogen and oxygen atoms in total. The number of likely N-dealkylation sites (N-methyl/N-ethyl adjacent to an activating group) is 1. The second-order valence-electron chi connectivity index (χ2n) is 5.69. The van der Waals surface area contributed by atoms with Gasteiger partial charge in [-0.15, -0.1) is 0 Å². The maximum absolute atomic E-state index is 12.0. The van der Waals surface area contributed by atoms with Crippen LogP contribution in [0.2, 0.25) is 0 Å². The van der Waals surface area contributed by atoms with Crippen molar-refractivity contribution in [3.05, 3.63) is 35.4 Å². The zero-order valence-electron chi connectivity index (χ0n) is 13.0. The maximum atomic E-state index is 12.0. The summed E-state index contributed by atoms with van der Waals surface area (Å²) in [4.78, 5) is 16.7. The van der Waals surface area contributed by atoms with Gasteiger partial charge in [-0.05, 0) is 33.0 Å². The molecule has 5 heteroatoms. The molecule has 1 aliphatic rings. The third kappa shape index (κ3) is 5.65. The monoisotopic (exact) mass is 311 g/mol. The largest absolute Gasteiger partial charge is 1.00 e. The van der Waals surface area contributed by atoms with Crippen molar-refractivity contribution in [1.29, 1.82) is 0 Å². The molecule has 1 fully saturated rings. The molecule has 1 aromatic carbocycles. The Kier molecular flexibility index (Phi) is 7.15. The quantitative estimate of drug-likeness (QED) is 0.654. The average molecular weight is 312 g/mol.